The van der Waals surface area contributed by atoms with Gasteiger partial charge in [-0.05, 0) is 28.7 Å². The first kappa shape index (κ1) is 7.21. The Morgan fingerprint density at radius 2 is 2.33 bits per heavy atom. The van der Waals surface area contributed by atoms with E-state index in [0.717, 1.165) is 0 Å². The summed E-state index contributed by atoms with van der Waals surface area (Å²) in [4.78, 5) is 3.75. The van der Waals surface area contributed by atoms with Crippen molar-refractivity contribution in [3.8, 4) is 0 Å². The van der Waals surface area contributed by atoms with Gasteiger partial charge in [-0.3, -0.25) is 0 Å². The molecule has 48 valence electrons. The monoisotopic (exact) mass is 257 g/mol. The molecule has 0 saturated carbocycles. The topological polar surface area (TPSA) is 12.9 Å². The van der Waals surface area contributed by atoms with Crippen LogP contribution < -0.4 is 0 Å². The molecule has 0 amide bonds. The third-order valence-corrected chi connectivity index (χ3v) is 2.30. The summed E-state index contributed by atoms with van der Waals surface area (Å²) in [7, 11) is 0. The lowest BCUT2D eigenvalue weighted by Crippen LogP contribution is -1.83. The lowest BCUT2D eigenvalue weighted by Gasteiger charge is -1.92. The van der Waals surface area contributed by atoms with Crippen LogP contribution in [0, 0.1) is 9.52 Å². The zero-order valence-corrected chi connectivity index (χ0v) is 7.15. The van der Waals surface area contributed by atoms with E-state index in [4.69, 9.17) is 11.6 Å². The third kappa shape index (κ3) is 1.52. The second-order valence-electron chi connectivity index (χ2n) is 1.40. The van der Waals surface area contributed by atoms with E-state index in [-0.39, 0.29) is 5.02 Å². The van der Waals surface area contributed by atoms with Crippen LogP contribution in [0.3, 0.4) is 0 Å². The molecular weight excluding hydrogens is 255 g/mol. The van der Waals surface area contributed by atoms with Gasteiger partial charge in [0.2, 0.25) is 0 Å². The molecule has 0 fully saturated rings. The van der Waals surface area contributed by atoms with Crippen LogP contribution in [0.4, 0.5) is 4.39 Å². The quantitative estimate of drug-likeness (QED) is 0.514. The van der Waals surface area contributed by atoms with Crippen molar-refractivity contribution in [2.24, 2.45) is 0 Å². The number of rotatable bonds is 0. The Bertz CT molecular complexity index is 208. The van der Waals surface area contributed by atoms with Gasteiger partial charge < -0.3 is 0 Å². The zero-order chi connectivity index (χ0) is 6.85. The second-order valence-corrected chi connectivity index (χ2v) is 2.80. The molecule has 0 aromatic carbocycles. The van der Waals surface area contributed by atoms with E-state index >= 15 is 0 Å². The Morgan fingerprint density at radius 3 is 2.78 bits per heavy atom. The minimum atomic E-state index is -0.420. The minimum Gasteiger partial charge on any atom is -0.249 e. The molecule has 0 spiro atoms. The summed E-state index contributed by atoms with van der Waals surface area (Å²) in [5.74, 6) is -0.420. The Kier molecular flexibility index (Phi) is 2.23. The van der Waals surface area contributed by atoms with Gasteiger partial charge in [0.25, 0.3) is 0 Å². The summed E-state index contributed by atoms with van der Waals surface area (Å²) in [6.07, 6.45) is 1.38. The molecule has 0 bridgehead atoms. The Hall–Kier alpha value is 0.1000. The summed E-state index contributed by atoms with van der Waals surface area (Å²) >= 11 is 7.30. The normalized spacial score (nSPS) is 9.67. The molecule has 1 nitrogen and oxygen atoms in total. The van der Waals surface area contributed by atoms with Crippen LogP contribution in [0.5, 0.6) is 0 Å². The van der Waals surface area contributed by atoms with Gasteiger partial charge in [-0.2, -0.15) is 0 Å². The van der Waals surface area contributed by atoms with Crippen LogP contribution in [-0.2, 0) is 0 Å². The standard InChI is InChI=1S/C5H2ClFIN/c6-4-3(7)1-2-9-5(4)8/h1-2H. The first-order valence-electron chi connectivity index (χ1n) is 2.17. The minimum absolute atomic E-state index is 0.0955. The summed E-state index contributed by atoms with van der Waals surface area (Å²) in [6, 6.07) is 1.23. The van der Waals surface area contributed by atoms with Gasteiger partial charge in [0.1, 0.15) is 14.5 Å². The fraction of sp³-hybridized carbons (Fsp3) is 0. The van der Waals surface area contributed by atoms with Crippen LogP contribution in [0.1, 0.15) is 0 Å². The molecule has 1 aromatic heterocycles. The molecular formula is C5H2ClFIN. The molecule has 0 aliphatic carbocycles. The summed E-state index contributed by atoms with van der Waals surface area (Å²) in [5.41, 5.74) is 0. The molecule has 0 saturated heterocycles. The summed E-state index contributed by atoms with van der Waals surface area (Å²) in [5, 5.41) is 0.0955. The van der Waals surface area contributed by atoms with Crippen LogP contribution >= 0.6 is 34.2 Å². The summed E-state index contributed by atoms with van der Waals surface area (Å²) < 4.78 is 12.9. The average molecular weight is 257 g/mol. The first-order chi connectivity index (χ1) is 4.22. The van der Waals surface area contributed by atoms with Crippen molar-refractivity contribution in [3.63, 3.8) is 0 Å². The molecule has 1 heterocycles. The highest BCUT2D eigenvalue weighted by molar-refractivity contribution is 14.1. The van der Waals surface area contributed by atoms with Crippen molar-refractivity contribution in [1.29, 1.82) is 0 Å². The van der Waals surface area contributed by atoms with Gasteiger partial charge in [-0.1, -0.05) is 11.6 Å². The highest BCUT2D eigenvalue weighted by Crippen LogP contribution is 2.18. The number of aromatic nitrogens is 1. The van der Waals surface area contributed by atoms with E-state index < -0.39 is 5.82 Å². The summed E-state index contributed by atoms with van der Waals surface area (Å²) in [6.45, 7) is 0. The van der Waals surface area contributed by atoms with Gasteiger partial charge in [-0.15, -0.1) is 0 Å². The average Bonchev–Trinajstić information content (AvgIpc) is 1.83. The van der Waals surface area contributed by atoms with Crippen LogP contribution in [-0.4, -0.2) is 4.98 Å². The molecule has 0 unspecified atom stereocenters. The van der Waals surface area contributed by atoms with Gasteiger partial charge in [0, 0.05) is 6.20 Å². The molecule has 0 atom stereocenters. The predicted molar refractivity (Wildman–Crippen MR) is 41.9 cm³/mol. The van der Waals surface area contributed by atoms with Crippen LogP contribution in [0.15, 0.2) is 12.3 Å². The fourth-order valence-electron chi connectivity index (χ4n) is 0.397. The van der Waals surface area contributed by atoms with Crippen molar-refractivity contribution in [1.82, 2.24) is 4.98 Å². The molecule has 0 aliphatic heterocycles. The molecule has 0 aliphatic rings. The Morgan fingerprint density at radius 1 is 1.67 bits per heavy atom. The zero-order valence-electron chi connectivity index (χ0n) is 4.24. The lowest BCUT2D eigenvalue weighted by atomic mass is 10.5. The molecule has 1 aromatic rings. The van der Waals surface area contributed by atoms with Crippen molar-refractivity contribution in [3.05, 3.63) is 26.8 Å². The van der Waals surface area contributed by atoms with Crippen molar-refractivity contribution < 1.29 is 4.39 Å². The number of hydrogen-bond donors (Lipinski definition) is 0. The Labute approximate surface area is 70.4 Å². The van der Waals surface area contributed by atoms with Crippen LogP contribution in [0.25, 0.3) is 0 Å². The van der Waals surface area contributed by atoms with Gasteiger partial charge in [0.05, 0.1) is 0 Å². The third-order valence-electron chi connectivity index (χ3n) is 0.800. The van der Waals surface area contributed by atoms with Gasteiger partial charge in [0.15, 0.2) is 0 Å². The molecule has 0 radical (unpaired) electrons. The Balaban J connectivity index is 3.25. The largest absolute Gasteiger partial charge is 0.249 e. The van der Waals surface area contributed by atoms with Crippen molar-refractivity contribution in [2.75, 3.05) is 0 Å². The molecule has 9 heavy (non-hydrogen) atoms. The van der Waals surface area contributed by atoms with E-state index in [1.165, 1.54) is 12.3 Å². The lowest BCUT2D eigenvalue weighted by molar-refractivity contribution is 0.624. The maximum atomic E-state index is 12.4. The van der Waals surface area contributed by atoms with Crippen molar-refractivity contribution in [2.45, 2.75) is 0 Å². The predicted octanol–water partition coefficient (Wildman–Crippen LogP) is 2.48. The van der Waals surface area contributed by atoms with Gasteiger partial charge in [-0.25, -0.2) is 9.37 Å². The number of nitrogens with zero attached hydrogens (tertiary/aromatic N) is 1. The highest BCUT2D eigenvalue weighted by atomic mass is 127. The van der Waals surface area contributed by atoms with Crippen LogP contribution in [0.2, 0.25) is 5.02 Å². The number of pyridine rings is 1. The van der Waals surface area contributed by atoms with E-state index in [0.29, 0.717) is 3.70 Å². The fourth-order valence-corrected chi connectivity index (χ4v) is 0.927. The van der Waals surface area contributed by atoms with E-state index in [9.17, 15) is 4.39 Å². The maximum Gasteiger partial charge on any atom is 0.146 e. The maximum absolute atomic E-state index is 12.4. The SMILES string of the molecule is Fc1ccnc(I)c1Cl. The molecule has 4 heteroatoms. The smallest absolute Gasteiger partial charge is 0.146 e. The number of hydrogen-bond acceptors (Lipinski definition) is 1. The van der Waals surface area contributed by atoms with E-state index in [2.05, 4.69) is 4.98 Å². The van der Waals surface area contributed by atoms with E-state index in [1.807, 2.05) is 22.6 Å². The van der Waals surface area contributed by atoms with Crippen molar-refractivity contribution >= 4 is 34.2 Å². The first-order valence-corrected chi connectivity index (χ1v) is 3.63. The molecule has 1 rings (SSSR count). The van der Waals surface area contributed by atoms with Gasteiger partial charge >= 0.3 is 0 Å². The second kappa shape index (κ2) is 2.79. The molecule has 0 N–H and O–H groups in total. The number of halogens is 3. The van der Waals surface area contributed by atoms with E-state index in [1.54, 1.807) is 0 Å². The highest BCUT2D eigenvalue weighted by Gasteiger charge is 2.01.